The van der Waals surface area contributed by atoms with Crippen molar-refractivity contribution in [3.05, 3.63) is 83.8 Å². The third-order valence-corrected chi connectivity index (χ3v) is 5.14. The number of hydrogen-bond acceptors (Lipinski definition) is 5. The highest BCUT2D eigenvalue weighted by atomic mass is 16.1. The van der Waals surface area contributed by atoms with Crippen LogP contribution in [0.1, 0.15) is 21.6 Å². The molecule has 0 saturated carbocycles. The number of nitrogens with zero attached hydrogens (tertiary/aromatic N) is 4. The quantitative estimate of drug-likeness (QED) is 0.729. The number of rotatable bonds is 5. The number of hydrogen-bond donors (Lipinski definition) is 1. The van der Waals surface area contributed by atoms with Gasteiger partial charge in [0, 0.05) is 38.4 Å². The first-order valence-corrected chi connectivity index (χ1v) is 9.90. The Bertz CT molecular complexity index is 951. The highest BCUT2D eigenvalue weighted by molar-refractivity contribution is 5.91. The smallest absolute Gasteiger partial charge is 0.271 e. The van der Waals surface area contributed by atoms with Crippen molar-refractivity contribution in [2.45, 2.75) is 13.5 Å². The molecule has 0 radical (unpaired) electrons. The zero-order chi connectivity index (χ0) is 20.1. The average molecular weight is 387 g/mol. The van der Waals surface area contributed by atoms with Gasteiger partial charge in [0.2, 0.25) is 0 Å². The number of piperazine rings is 1. The van der Waals surface area contributed by atoms with E-state index in [1.165, 1.54) is 11.3 Å². The average Bonchev–Trinajstić information content (AvgIpc) is 2.78. The maximum absolute atomic E-state index is 12.3. The third-order valence-electron chi connectivity index (χ3n) is 5.14. The van der Waals surface area contributed by atoms with E-state index in [0.717, 1.165) is 37.6 Å². The highest BCUT2D eigenvalue weighted by Crippen LogP contribution is 2.20. The lowest BCUT2D eigenvalue weighted by Gasteiger charge is -2.36. The van der Waals surface area contributed by atoms with Crippen LogP contribution in [0.2, 0.25) is 0 Å². The van der Waals surface area contributed by atoms with E-state index in [4.69, 9.17) is 0 Å². The summed E-state index contributed by atoms with van der Waals surface area (Å²) in [7, 11) is 0. The Morgan fingerprint density at radius 2 is 1.69 bits per heavy atom. The van der Waals surface area contributed by atoms with E-state index < -0.39 is 0 Å². The zero-order valence-electron chi connectivity index (χ0n) is 16.6. The minimum Gasteiger partial charge on any atom is -0.368 e. The van der Waals surface area contributed by atoms with Crippen molar-refractivity contribution < 1.29 is 4.79 Å². The minimum absolute atomic E-state index is 0.211. The summed E-state index contributed by atoms with van der Waals surface area (Å²) in [4.78, 5) is 25.7. The number of nitrogens with one attached hydrogen (secondary N) is 1. The zero-order valence-corrected chi connectivity index (χ0v) is 16.6. The van der Waals surface area contributed by atoms with E-state index >= 15 is 0 Å². The van der Waals surface area contributed by atoms with Crippen LogP contribution in [0.3, 0.4) is 0 Å². The Morgan fingerprint density at radius 3 is 2.38 bits per heavy atom. The Morgan fingerprint density at radius 1 is 0.931 bits per heavy atom. The third kappa shape index (κ3) is 4.71. The van der Waals surface area contributed by atoms with Gasteiger partial charge < -0.3 is 15.1 Å². The number of anilines is 2. The summed E-state index contributed by atoms with van der Waals surface area (Å²) in [6.45, 7) is 6.22. The van der Waals surface area contributed by atoms with Crippen LogP contribution < -0.4 is 15.1 Å². The predicted molar refractivity (Wildman–Crippen MR) is 115 cm³/mol. The van der Waals surface area contributed by atoms with E-state index in [-0.39, 0.29) is 5.91 Å². The van der Waals surface area contributed by atoms with Gasteiger partial charge in [0.1, 0.15) is 11.5 Å². The Hall–Kier alpha value is -3.41. The van der Waals surface area contributed by atoms with Gasteiger partial charge >= 0.3 is 0 Å². The van der Waals surface area contributed by atoms with Crippen LogP contribution in [-0.2, 0) is 6.54 Å². The second kappa shape index (κ2) is 8.73. The fraction of sp³-hybridized carbons (Fsp3) is 0.261. The van der Waals surface area contributed by atoms with Crippen LogP contribution >= 0.6 is 0 Å². The van der Waals surface area contributed by atoms with Crippen molar-refractivity contribution >= 4 is 17.4 Å². The number of aromatic nitrogens is 2. The molecule has 3 aromatic rings. The maximum atomic E-state index is 12.3. The molecule has 4 rings (SSSR count). The Kier molecular flexibility index (Phi) is 5.70. The van der Waals surface area contributed by atoms with Gasteiger partial charge in [-0.3, -0.25) is 4.79 Å². The summed E-state index contributed by atoms with van der Waals surface area (Å²) in [6.07, 6.45) is 3.25. The summed E-state index contributed by atoms with van der Waals surface area (Å²) in [5, 5.41) is 2.88. The summed E-state index contributed by atoms with van der Waals surface area (Å²) in [6, 6.07) is 18.4. The first-order valence-electron chi connectivity index (χ1n) is 9.90. The second-order valence-electron chi connectivity index (χ2n) is 7.24. The molecule has 1 amide bonds. The molecule has 29 heavy (non-hydrogen) atoms. The fourth-order valence-electron chi connectivity index (χ4n) is 3.49. The number of aryl methyl sites for hydroxylation is 1. The molecule has 6 heteroatoms. The van der Waals surface area contributed by atoms with Crippen molar-refractivity contribution in [3.8, 4) is 0 Å². The lowest BCUT2D eigenvalue weighted by Crippen LogP contribution is -2.46. The number of amides is 1. The number of benzene rings is 2. The van der Waals surface area contributed by atoms with Gasteiger partial charge in [0.15, 0.2) is 0 Å². The number of carbonyl (C=O) groups excluding carboxylic acids is 1. The summed E-state index contributed by atoms with van der Waals surface area (Å²) in [5.74, 6) is 0.602. The van der Waals surface area contributed by atoms with Crippen molar-refractivity contribution in [1.82, 2.24) is 15.3 Å². The molecule has 0 atom stereocenters. The largest absolute Gasteiger partial charge is 0.368 e. The molecule has 2 heterocycles. The fourth-order valence-corrected chi connectivity index (χ4v) is 3.49. The topological polar surface area (TPSA) is 61.4 Å². The molecule has 0 unspecified atom stereocenters. The molecule has 2 aromatic carbocycles. The van der Waals surface area contributed by atoms with Gasteiger partial charge in [-0.2, -0.15) is 0 Å². The molecule has 0 aliphatic carbocycles. The molecular formula is C23H25N5O. The summed E-state index contributed by atoms with van der Waals surface area (Å²) in [5.41, 5.74) is 3.93. The van der Waals surface area contributed by atoms with Gasteiger partial charge in [-0.15, -0.1) is 0 Å². The van der Waals surface area contributed by atoms with Gasteiger partial charge in [0.25, 0.3) is 5.91 Å². The monoisotopic (exact) mass is 387 g/mol. The van der Waals surface area contributed by atoms with E-state index in [0.29, 0.717) is 12.2 Å². The lowest BCUT2D eigenvalue weighted by atomic mass is 10.2. The van der Waals surface area contributed by atoms with E-state index in [1.54, 1.807) is 12.4 Å². The van der Waals surface area contributed by atoms with Crippen molar-refractivity contribution in [1.29, 1.82) is 0 Å². The highest BCUT2D eigenvalue weighted by Gasteiger charge is 2.19. The van der Waals surface area contributed by atoms with Gasteiger partial charge in [0.05, 0.1) is 12.4 Å². The maximum Gasteiger partial charge on any atom is 0.271 e. The first-order chi connectivity index (χ1) is 14.2. The molecule has 1 aromatic heterocycles. The van der Waals surface area contributed by atoms with Crippen LogP contribution in [0.5, 0.6) is 0 Å². The van der Waals surface area contributed by atoms with Crippen molar-refractivity contribution in [2.75, 3.05) is 36.0 Å². The molecular weight excluding hydrogens is 362 g/mol. The van der Waals surface area contributed by atoms with Crippen molar-refractivity contribution in [2.24, 2.45) is 0 Å². The van der Waals surface area contributed by atoms with Crippen LogP contribution in [0.15, 0.2) is 67.0 Å². The standard InChI is InChI=1S/C23H25N5O/c1-18-6-5-9-20(14-18)27-10-12-28(13-11-27)22-17-24-21(16-25-22)23(29)26-15-19-7-3-2-4-8-19/h2-9,14,16-17H,10-13,15H2,1H3,(H,26,29). The molecule has 1 fully saturated rings. The van der Waals surface area contributed by atoms with Crippen LogP contribution in [0, 0.1) is 6.92 Å². The molecule has 0 bridgehead atoms. The second-order valence-corrected chi connectivity index (χ2v) is 7.24. The molecule has 6 nitrogen and oxygen atoms in total. The molecule has 1 aliphatic heterocycles. The van der Waals surface area contributed by atoms with Gasteiger partial charge in [-0.1, -0.05) is 42.5 Å². The van der Waals surface area contributed by atoms with E-state index in [1.807, 2.05) is 30.3 Å². The van der Waals surface area contributed by atoms with E-state index in [2.05, 4.69) is 56.3 Å². The van der Waals surface area contributed by atoms with Gasteiger partial charge in [-0.25, -0.2) is 9.97 Å². The summed E-state index contributed by atoms with van der Waals surface area (Å²) >= 11 is 0. The number of carbonyl (C=O) groups is 1. The van der Waals surface area contributed by atoms with Crippen LogP contribution in [0.4, 0.5) is 11.5 Å². The Balaban J connectivity index is 1.32. The Labute approximate surface area is 171 Å². The van der Waals surface area contributed by atoms with Crippen LogP contribution in [-0.4, -0.2) is 42.1 Å². The first kappa shape index (κ1) is 18.9. The van der Waals surface area contributed by atoms with Crippen LogP contribution in [0.25, 0.3) is 0 Å². The molecule has 1 aliphatic rings. The molecule has 1 saturated heterocycles. The summed E-state index contributed by atoms with van der Waals surface area (Å²) < 4.78 is 0. The van der Waals surface area contributed by atoms with Crippen molar-refractivity contribution in [3.63, 3.8) is 0 Å². The molecule has 0 spiro atoms. The molecule has 1 N–H and O–H groups in total. The van der Waals surface area contributed by atoms with E-state index in [9.17, 15) is 4.79 Å². The normalized spacial score (nSPS) is 14.0. The lowest BCUT2D eigenvalue weighted by molar-refractivity contribution is 0.0945. The minimum atomic E-state index is -0.211. The SMILES string of the molecule is Cc1cccc(N2CCN(c3cnc(C(=O)NCc4ccccc4)cn3)CC2)c1. The molecule has 148 valence electrons. The van der Waals surface area contributed by atoms with Gasteiger partial charge in [-0.05, 0) is 30.2 Å². The predicted octanol–water partition coefficient (Wildman–Crippen LogP) is 3.04.